The predicted octanol–water partition coefficient (Wildman–Crippen LogP) is 2.04. The molecule has 0 unspecified atom stereocenters. The van der Waals surface area contributed by atoms with Gasteiger partial charge >= 0.3 is 0 Å². The number of nitrogens with zero attached hydrogens (tertiary/aromatic N) is 2. The Bertz CT molecular complexity index is 552. The highest BCUT2D eigenvalue weighted by atomic mass is 35.7. The number of hydrogen-bond donors (Lipinski definition) is 0. The standard InChI is InChI=1S/C13H21ClN2O4S/c1-2-5-16-9-12(8-15-16)20-10-13(11-21(14,17)18)3-6-19-7-4-13/h8-9H,2-7,10-11H2,1H3. The van der Waals surface area contributed by atoms with Gasteiger partial charge in [-0.15, -0.1) is 0 Å². The van der Waals surface area contributed by atoms with Crippen molar-refractivity contribution in [2.45, 2.75) is 32.7 Å². The van der Waals surface area contributed by atoms with Gasteiger partial charge in [-0.25, -0.2) is 8.42 Å². The summed E-state index contributed by atoms with van der Waals surface area (Å²) in [7, 11) is 1.87. The molecule has 2 rings (SSSR count). The van der Waals surface area contributed by atoms with Crippen LogP contribution >= 0.6 is 10.7 Å². The van der Waals surface area contributed by atoms with Crippen LogP contribution in [0, 0.1) is 5.41 Å². The number of halogens is 1. The lowest BCUT2D eigenvalue weighted by Gasteiger charge is -2.35. The summed E-state index contributed by atoms with van der Waals surface area (Å²) in [6.07, 6.45) is 5.72. The van der Waals surface area contributed by atoms with Crippen molar-refractivity contribution in [3.8, 4) is 5.75 Å². The summed E-state index contributed by atoms with van der Waals surface area (Å²) in [5.41, 5.74) is -0.480. The first kappa shape index (κ1) is 16.6. The van der Waals surface area contributed by atoms with Crippen molar-refractivity contribution in [2.75, 3.05) is 25.6 Å². The Hall–Kier alpha value is -0.790. The minimum atomic E-state index is -3.57. The zero-order chi connectivity index (χ0) is 15.3. The Morgan fingerprint density at radius 2 is 2.19 bits per heavy atom. The normalized spacial score (nSPS) is 18.6. The Morgan fingerprint density at radius 1 is 1.48 bits per heavy atom. The summed E-state index contributed by atoms with van der Waals surface area (Å²) in [6, 6.07) is 0. The SMILES string of the molecule is CCCn1cc(OCC2(CS(=O)(=O)Cl)CCOCC2)cn1. The van der Waals surface area contributed by atoms with Crippen LogP contribution in [0.15, 0.2) is 12.4 Å². The van der Waals surface area contributed by atoms with Gasteiger partial charge in [-0.05, 0) is 19.3 Å². The fourth-order valence-corrected chi connectivity index (χ4v) is 4.31. The van der Waals surface area contributed by atoms with E-state index in [1.165, 1.54) is 0 Å². The van der Waals surface area contributed by atoms with E-state index in [-0.39, 0.29) is 5.75 Å². The molecule has 0 spiro atoms. The fraction of sp³-hybridized carbons (Fsp3) is 0.769. The summed E-state index contributed by atoms with van der Waals surface area (Å²) >= 11 is 0. The molecule has 0 amide bonds. The molecule has 0 radical (unpaired) electrons. The van der Waals surface area contributed by atoms with E-state index in [1.807, 2.05) is 10.9 Å². The lowest BCUT2D eigenvalue weighted by atomic mass is 9.83. The van der Waals surface area contributed by atoms with E-state index in [9.17, 15) is 8.42 Å². The van der Waals surface area contributed by atoms with E-state index in [0.29, 0.717) is 38.4 Å². The van der Waals surface area contributed by atoms with Gasteiger partial charge in [-0.3, -0.25) is 4.68 Å². The lowest BCUT2D eigenvalue weighted by Crippen LogP contribution is -2.40. The number of hydrogen-bond acceptors (Lipinski definition) is 5. The topological polar surface area (TPSA) is 70.4 Å². The van der Waals surface area contributed by atoms with Crippen molar-refractivity contribution >= 4 is 19.7 Å². The Labute approximate surface area is 129 Å². The van der Waals surface area contributed by atoms with Crippen LogP contribution in [-0.2, 0) is 20.3 Å². The van der Waals surface area contributed by atoms with Crippen LogP contribution in [0.2, 0.25) is 0 Å². The Morgan fingerprint density at radius 3 is 2.81 bits per heavy atom. The van der Waals surface area contributed by atoms with Crippen molar-refractivity contribution < 1.29 is 17.9 Å². The molecule has 0 atom stereocenters. The molecule has 1 fully saturated rings. The molecule has 1 saturated heterocycles. The molecule has 8 heteroatoms. The second-order valence-electron chi connectivity index (χ2n) is 5.52. The van der Waals surface area contributed by atoms with Gasteiger partial charge < -0.3 is 9.47 Å². The molecular formula is C13H21ClN2O4S. The maximum atomic E-state index is 11.5. The molecule has 1 aliphatic heterocycles. The molecule has 0 N–H and O–H groups in total. The molecule has 6 nitrogen and oxygen atoms in total. The summed E-state index contributed by atoms with van der Waals surface area (Å²) < 4.78 is 35.8. The molecule has 0 bridgehead atoms. The highest BCUT2D eigenvalue weighted by Crippen LogP contribution is 2.34. The van der Waals surface area contributed by atoms with Crippen molar-refractivity contribution in [1.29, 1.82) is 0 Å². The van der Waals surface area contributed by atoms with E-state index in [1.54, 1.807) is 6.20 Å². The monoisotopic (exact) mass is 336 g/mol. The minimum absolute atomic E-state index is 0.0893. The van der Waals surface area contributed by atoms with Crippen molar-refractivity contribution in [2.24, 2.45) is 5.41 Å². The molecule has 120 valence electrons. The first-order chi connectivity index (χ1) is 9.92. The van der Waals surface area contributed by atoms with Crippen LogP contribution in [0.1, 0.15) is 26.2 Å². The third-order valence-electron chi connectivity index (χ3n) is 3.64. The summed E-state index contributed by atoms with van der Waals surface area (Å²) in [5.74, 6) is 0.565. The highest BCUT2D eigenvalue weighted by molar-refractivity contribution is 8.13. The quantitative estimate of drug-likeness (QED) is 0.712. The molecule has 2 heterocycles. The van der Waals surface area contributed by atoms with Gasteiger partial charge in [0.1, 0.15) is 0 Å². The number of aryl methyl sites for hydroxylation is 1. The van der Waals surface area contributed by atoms with Gasteiger partial charge in [0.15, 0.2) is 5.75 Å². The molecule has 1 aromatic rings. The Balaban J connectivity index is 2.01. The second kappa shape index (κ2) is 6.98. The van der Waals surface area contributed by atoms with Gasteiger partial charge in [0.05, 0.1) is 24.8 Å². The van der Waals surface area contributed by atoms with Crippen LogP contribution in [0.5, 0.6) is 5.75 Å². The van der Waals surface area contributed by atoms with E-state index in [0.717, 1.165) is 13.0 Å². The van der Waals surface area contributed by atoms with Gasteiger partial charge in [-0.1, -0.05) is 6.92 Å². The maximum Gasteiger partial charge on any atom is 0.233 e. The number of aromatic nitrogens is 2. The van der Waals surface area contributed by atoms with E-state index in [2.05, 4.69) is 12.0 Å². The molecule has 0 aliphatic carbocycles. The van der Waals surface area contributed by atoms with Gasteiger partial charge in [-0.2, -0.15) is 5.10 Å². The summed E-state index contributed by atoms with van der Waals surface area (Å²) in [6.45, 7) is 4.28. The zero-order valence-corrected chi connectivity index (χ0v) is 13.7. The number of ether oxygens (including phenoxy) is 2. The van der Waals surface area contributed by atoms with Gasteiger partial charge in [0, 0.05) is 35.9 Å². The molecule has 0 saturated carbocycles. The second-order valence-corrected chi connectivity index (χ2v) is 8.30. The van der Waals surface area contributed by atoms with Crippen LogP contribution in [0.4, 0.5) is 0 Å². The van der Waals surface area contributed by atoms with Gasteiger partial charge in [0.2, 0.25) is 9.05 Å². The summed E-state index contributed by atoms with van der Waals surface area (Å²) in [5, 5.41) is 4.19. The number of rotatable bonds is 7. The van der Waals surface area contributed by atoms with Crippen LogP contribution in [0.25, 0.3) is 0 Å². The van der Waals surface area contributed by atoms with Gasteiger partial charge in [0.25, 0.3) is 0 Å². The molecule has 1 aromatic heterocycles. The average Bonchev–Trinajstić information content (AvgIpc) is 2.84. The first-order valence-electron chi connectivity index (χ1n) is 7.08. The highest BCUT2D eigenvalue weighted by Gasteiger charge is 2.37. The van der Waals surface area contributed by atoms with Crippen molar-refractivity contribution in [3.05, 3.63) is 12.4 Å². The molecule has 1 aliphatic rings. The third kappa shape index (κ3) is 5.16. The largest absolute Gasteiger partial charge is 0.490 e. The molecule has 0 aromatic carbocycles. The first-order valence-corrected chi connectivity index (χ1v) is 9.56. The smallest absolute Gasteiger partial charge is 0.233 e. The molecule has 21 heavy (non-hydrogen) atoms. The van der Waals surface area contributed by atoms with E-state index in [4.69, 9.17) is 20.2 Å². The Kier molecular flexibility index (Phi) is 5.51. The van der Waals surface area contributed by atoms with Crippen LogP contribution in [0.3, 0.4) is 0 Å². The van der Waals surface area contributed by atoms with E-state index < -0.39 is 14.5 Å². The van der Waals surface area contributed by atoms with Crippen molar-refractivity contribution in [1.82, 2.24) is 9.78 Å². The van der Waals surface area contributed by atoms with Crippen molar-refractivity contribution in [3.63, 3.8) is 0 Å². The van der Waals surface area contributed by atoms with Crippen LogP contribution < -0.4 is 4.74 Å². The lowest BCUT2D eigenvalue weighted by molar-refractivity contribution is 0.00226. The van der Waals surface area contributed by atoms with E-state index >= 15 is 0 Å². The maximum absolute atomic E-state index is 11.5. The average molecular weight is 337 g/mol. The third-order valence-corrected chi connectivity index (χ3v) is 4.92. The fourth-order valence-electron chi connectivity index (χ4n) is 2.51. The minimum Gasteiger partial charge on any atom is -0.490 e. The van der Waals surface area contributed by atoms with Crippen LogP contribution in [-0.4, -0.2) is 43.8 Å². The zero-order valence-electron chi connectivity index (χ0n) is 12.1. The molecular weight excluding hydrogens is 316 g/mol. The predicted molar refractivity (Wildman–Crippen MR) is 80.1 cm³/mol. The summed E-state index contributed by atoms with van der Waals surface area (Å²) in [4.78, 5) is 0.